The van der Waals surface area contributed by atoms with Crippen molar-refractivity contribution in [3.63, 3.8) is 0 Å². The van der Waals surface area contributed by atoms with Crippen molar-refractivity contribution in [1.82, 2.24) is 5.32 Å². The number of amides is 1. The molecule has 1 amide bonds. The number of aliphatic hydroxyl groups is 2. The van der Waals surface area contributed by atoms with E-state index >= 15 is 0 Å². The summed E-state index contributed by atoms with van der Waals surface area (Å²) >= 11 is 1.47. The molecule has 8 heteroatoms. The lowest BCUT2D eigenvalue weighted by molar-refractivity contribution is -0.130. The van der Waals surface area contributed by atoms with Gasteiger partial charge in [-0.2, -0.15) is 0 Å². The Morgan fingerprint density at radius 3 is 2.52 bits per heavy atom. The predicted octanol–water partition coefficient (Wildman–Crippen LogP) is 1.27. The van der Waals surface area contributed by atoms with Gasteiger partial charge in [0, 0.05) is 36.8 Å². The quantitative estimate of drug-likeness (QED) is 0.616. The van der Waals surface area contributed by atoms with Crippen LogP contribution in [0.4, 0.5) is 11.4 Å². The Hall–Kier alpha value is -1.77. The van der Waals surface area contributed by atoms with E-state index in [1.807, 2.05) is 57.1 Å². The van der Waals surface area contributed by atoms with Gasteiger partial charge in [0.2, 0.25) is 5.91 Å². The molecule has 3 rings (SSSR count). The summed E-state index contributed by atoms with van der Waals surface area (Å²) in [6.07, 6.45) is -1.66. The fourth-order valence-corrected chi connectivity index (χ4v) is 4.84. The molecule has 0 saturated heterocycles. The molecule has 27 heavy (non-hydrogen) atoms. The second-order valence-electron chi connectivity index (χ2n) is 7.64. The highest BCUT2D eigenvalue weighted by Gasteiger charge is 2.50. The van der Waals surface area contributed by atoms with E-state index in [9.17, 15) is 15.0 Å². The summed E-state index contributed by atoms with van der Waals surface area (Å²) in [7, 11) is 3.97. The molecule has 1 heterocycles. The van der Waals surface area contributed by atoms with Crippen LogP contribution >= 0.6 is 11.8 Å². The van der Waals surface area contributed by atoms with Crippen molar-refractivity contribution < 1.29 is 15.0 Å². The Balaban J connectivity index is 1.74. The number of carbonyl (C=O) groups excluding carboxylic acids is 1. The first kappa shape index (κ1) is 20.0. The molecule has 1 aliphatic heterocycles. The number of amidine groups is 1. The molecule has 0 bridgehead atoms. The van der Waals surface area contributed by atoms with Crippen LogP contribution in [0.5, 0.6) is 0 Å². The number of aliphatic imine (C=N–C) groups is 1. The van der Waals surface area contributed by atoms with E-state index in [0.29, 0.717) is 5.17 Å². The van der Waals surface area contributed by atoms with Crippen LogP contribution in [0.3, 0.4) is 0 Å². The number of aliphatic hydroxyl groups excluding tert-OH is 2. The SMILES string of the molecule is CC(C)NC(=O)[C@H]1C[C@@H](O)[C@H](O)[C@@H]2N=C(Nc3ccc(N(C)C)cc3)S[C@@H]21. The largest absolute Gasteiger partial charge is 0.390 e. The van der Waals surface area contributed by atoms with Crippen LogP contribution in [0.1, 0.15) is 20.3 Å². The Bertz CT molecular complexity index is 707. The molecule has 148 valence electrons. The number of nitrogens with one attached hydrogen (secondary N) is 2. The van der Waals surface area contributed by atoms with E-state index < -0.39 is 18.2 Å². The van der Waals surface area contributed by atoms with E-state index in [4.69, 9.17) is 0 Å². The normalized spacial score (nSPS) is 29.9. The van der Waals surface area contributed by atoms with Crippen molar-refractivity contribution in [3.05, 3.63) is 24.3 Å². The maximum Gasteiger partial charge on any atom is 0.224 e. The highest BCUT2D eigenvalue weighted by atomic mass is 32.2. The Kier molecular flexibility index (Phi) is 5.98. The van der Waals surface area contributed by atoms with E-state index in [0.717, 1.165) is 11.4 Å². The average molecular weight is 393 g/mol. The highest BCUT2D eigenvalue weighted by Crippen LogP contribution is 2.41. The fraction of sp³-hybridized carbons (Fsp3) is 0.579. The van der Waals surface area contributed by atoms with Gasteiger partial charge in [-0.15, -0.1) is 0 Å². The number of fused-ring (bicyclic) bond motifs is 1. The van der Waals surface area contributed by atoms with Crippen molar-refractivity contribution in [2.45, 2.75) is 49.8 Å². The van der Waals surface area contributed by atoms with E-state index in [-0.39, 0.29) is 29.5 Å². The lowest BCUT2D eigenvalue weighted by Gasteiger charge is -2.37. The van der Waals surface area contributed by atoms with Gasteiger partial charge < -0.3 is 25.7 Å². The Morgan fingerprint density at radius 2 is 1.93 bits per heavy atom. The van der Waals surface area contributed by atoms with Crippen LogP contribution in [0.25, 0.3) is 0 Å². The summed E-state index contributed by atoms with van der Waals surface area (Å²) in [5.41, 5.74) is 1.99. The number of anilines is 2. The molecule has 1 saturated carbocycles. The molecule has 0 spiro atoms. The topological polar surface area (TPSA) is 97.2 Å². The predicted molar refractivity (Wildman–Crippen MR) is 110 cm³/mol. The number of carbonyl (C=O) groups is 1. The van der Waals surface area contributed by atoms with Gasteiger partial charge in [0.1, 0.15) is 6.10 Å². The number of hydrogen-bond donors (Lipinski definition) is 4. The minimum absolute atomic E-state index is 0.0278. The fourth-order valence-electron chi connectivity index (χ4n) is 3.47. The molecule has 1 aliphatic carbocycles. The summed E-state index contributed by atoms with van der Waals surface area (Å²) in [4.78, 5) is 19.2. The molecule has 0 aromatic heterocycles. The second-order valence-corrected chi connectivity index (χ2v) is 8.80. The van der Waals surface area contributed by atoms with Crippen LogP contribution in [0, 0.1) is 5.92 Å². The zero-order chi connectivity index (χ0) is 19.7. The molecule has 1 fully saturated rings. The zero-order valence-electron chi connectivity index (χ0n) is 16.1. The second kappa shape index (κ2) is 8.08. The Labute approximate surface area is 164 Å². The van der Waals surface area contributed by atoms with Gasteiger partial charge in [-0.05, 0) is 44.5 Å². The van der Waals surface area contributed by atoms with Crippen LogP contribution in [-0.2, 0) is 4.79 Å². The maximum absolute atomic E-state index is 12.6. The summed E-state index contributed by atoms with van der Waals surface area (Å²) in [5, 5.41) is 27.2. The minimum Gasteiger partial charge on any atom is -0.390 e. The van der Waals surface area contributed by atoms with Gasteiger partial charge in [0.05, 0.1) is 18.1 Å². The molecular weight excluding hydrogens is 364 g/mol. The van der Waals surface area contributed by atoms with Gasteiger partial charge in [0.15, 0.2) is 5.17 Å². The molecule has 0 unspecified atom stereocenters. The third kappa shape index (κ3) is 4.39. The summed E-state index contributed by atoms with van der Waals surface area (Å²) in [6, 6.07) is 7.48. The molecule has 2 aliphatic rings. The van der Waals surface area contributed by atoms with Crippen molar-refractivity contribution in [1.29, 1.82) is 0 Å². The first-order chi connectivity index (χ1) is 12.8. The zero-order valence-corrected chi connectivity index (χ0v) is 16.9. The first-order valence-electron chi connectivity index (χ1n) is 9.21. The Morgan fingerprint density at radius 1 is 1.26 bits per heavy atom. The molecule has 4 N–H and O–H groups in total. The van der Waals surface area contributed by atoms with Gasteiger partial charge >= 0.3 is 0 Å². The number of rotatable bonds is 4. The standard InChI is InChI=1S/C19H28N4O3S/c1-10(2)20-18(26)13-9-14(24)16(25)15-17(13)27-19(22-15)21-11-5-7-12(8-6-11)23(3)4/h5-8,10,13-17,24-25H,9H2,1-4H3,(H,20,26)(H,21,22)/t13-,14+,15-,16-,17+/m0/s1. The number of thioether (sulfide) groups is 1. The lowest BCUT2D eigenvalue weighted by atomic mass is 9.81. The molecule has 5 atom stereocenters. The number of nitrogens with zero attached hydrogens (tertiary/aromatic N) is 2. The van der Waals surface area contributed by atoms with Gasteiger partial charge in [-0.1, -0.05) is 11.8 Å². The third-order valence-electron chi connectivity index (χ3n) is 4.89. The maximum atomic E-state index is 12.6. The molecule has 7 nitrogen and oxygen atoms in total. The van der Waals surface area contributed by atoms with Gasteiger partial charge in [-0.25, -0.2) is 0 Å². The van der Waals surface area contributed by atoms with Crippen LogP contribution in [0.15, 0.2) is 29.3 Å². The van der Waals surface area contributed by atoms with Crippen molar-refractivity contribution >= 4 is 34.2 Å². The molecule has 1 aromatic rings. The smallest absolute Gasteiger partial charge is 0.224 e. The minimum atomic E-state index is -0.957. The highest BCUT2D eigenvalue weighted by molar-refractivity contribution is 8.15. The van der Waals surface area contributed by atoms with E-state index in [1.165, 1.54) is 11.8 Å². The summed E-state index contributed by atoms with van der Waals surface area (Å²) < 4.78 is 0. The number of benzene rings is 1. The first-order valence-corrected chi connectivity index (χ1v) is 10.1. The van der Waals surface area contributed by atoms with Gasteiger partial charge in [0.25, 0.3) is 0 Å². The van der Waals surface area contributed by atoms with Crippen molar-refractivity contribution in [2.24, 2.45) is 10.9 Å². The van der Waals surface area contributed by atoms with Crippen LogP contribution < -0.4 is 15.5 Å². The van der Waals surface area contributed by atoms with Crippen LogP contribution in [-0.4, -0.2) is 64.9 Å². The monoisotopic (exact) mass is 392 g/mol. The summed E-state index contributed by atoms with van der Waals surface area (Å²) in [5.74, 6) is -0.481. The number of hydrogen-bond acceptors (Lipinski definition) is 7. The third-order valence-corrected chi connectivity index (χ3v) is 6.20. The van der Waals surface area contributed by atoms with E-state index in [1.54, 1.807) is 0 Å². The van der Waals surface area contributed by atoms with Crippen molar-refractivity contribution in [2.75, 3.05) is 24.3 Å². The molecule has 0 radical (unpaired) electrons. The van der Waals surface area contributed by atoms with Gasteiger partial charge in [-0.3, -0.25) is 9.79 Å². The lowest BCUT2D eigenvalue weighted by Crippen LogP contribution is -2.54. The van der Waals surface area contributed by atoms with E-state index in [2.05, 4.69) is 15.6 Å². The summed E-state index contributed by atoms with van der Waals surface area (Å²) in [6.45, 7) is 3.82. The average Bonchev–Trinajstić information content (AvgIpc) is 3.01. The van der Waals surface area contributed by atoms with Crippen molar-refractivity contribution in [3.8, 4) is 0 Å². The van der Waals surface area contributed by atoms with Crippen LogP contribution in [0.2, 0.25) is 0 Å². The molecule has 1 aromatic carbocycles. The molecular formula is C19H28N4O3S.